The topological polar surface area (TPSA) is 108 Å². The molecule has 0 radical (unpaired) electrons. The molecule has 0 spiro atoms. The normalized spacial score (nSPS) is 14.6. The molecule has 0 aromatic carbocycles. The summed E-state index contributed by atoms with van der Waals surface area (Å²) in [5.41, 5.74) is 1.76. The standard InChI is InChI=1S/C23H27N5O3S/c1-3-11-28(14-20-26-27-22(31-20)18-9-7-12-30-18)15(2)21(29)25-23-17(13-24)16-8-5-4-6-10-19(16)32-23/h7,9,12,15H,3-6,8,10-11,14H2,1-2H3,(H,25,29)/t15-/m0/s1. The molecular formula is C23H27N5O3S. The second kappa shape index (κ2) is 10.1. The lowest BCUT2D eigenvalue weighted by atomic mass is 10.1. The minimum atomic E-state index is -0.428. The van der Waals surface area contributed by atoms with E-state index in [9.17, 15) is 10.1 Å². The van der Waals surface area contributed by atoms with Crippen molar-refractivity contribution in [1.29, 1.82) is 5.26 Å². The van der Waals surface area contributed by atoms with Crippen LogP contribution in [0.25, 0.3) is 11.7 Å². The molecule has 168 valence electrons. The Morgan fingerprint density at radius 3 is 2.94 bits per heavy atom. The van der Waals surface area contributed by atoms with Gasteiger partial charge in [0.1, 0.15) is 11.1 Å². The number of anilines is 1. The summed E-state index contributed by atoms with van der Waals surface area (Å²) in [6, 6.07) is 5.41. The third kappa shape index (κ3) is 4.76. The van der Waals surface area contributed by atoms with E-state index in [0.717, 1.165) is 37.7 Å². The summed E-state index contributed by atoms with van der Waals surface area (Å²) in [5.74, 6) is 1.11. The Balaban J connectivity index is 1.47. The van der Waals surface area contributed by atoms with Crippen LogP contribution in [0, 0.1) is 11.3 Å². The molecule has 1 aliphatic rings. The smallest absolute Gasteiger partial charge is 0.283 e. The van der Waals surface area contributed by atoms with E-state index in [2.05, 4.69) is 28.5 Å². The summed E-state index contributed by atoms with van der Waals surface area (Å²) >= 11 is 1.55. The Bertz CT molecular complexity index is 1100. The minimum Gasteiger partial charge on any atom is -0.459 e. The molecule has 3 aromatic rings. The molecule has 0 saturated carbocycles. The zero-order chi connectivity index (χ0) is 22.5. The van der Waals surface area contributed by atoms with Crippen LogP contribution in [0.5, 0.6) is 0 Å². The van der Waals surface area contributed by atoms with Gasteiger partial charge in [0.15, 0.2) is 5.76 Å². The molecule has 0 saturated heterocycles. The van der Waals surface area contributed by atoms with Crippen LogP contribution in [-0.4, -0.2) is 33.6 Å². The largest absolute Gasteiger partial charge is 0.459 e. The summed E-state index contributed by atoms with van der Waals surface area (Å²) in [6.07, 6.45) is 7.73. The van der Waals surface area contributed by atoms with Gasteiger partial charge in [0, 0.05) is 4.88 Å². The number of carbonyl (C=O) groups is 1. The number of thiophene rings is 1. The molecule has 1 amide bonds. The summed E-state index contributed by atoms with van der Waals surface area (Å²) in [4.78, 5) is 16.4. The monoisotopic (exact) mass is 453 g/mol. The molecule has 0 fully saturated rings. The lowest BCUT2D eigenvalue weighted by Gasteiger charge is -2.26. The van der Waals surface area contributed by atoms with Crippen LogP contribution in [0.4, 0.5) is 5.00 Å². The highest BCUT2D eigenvalue weighted by Gasteiger charge is 2.26. The summed E-state index contributed by atoms with van der Waals surface area (Å²) in [5, 5.41) is 21.6. The summed E-state index contributed by atoms with van der Waals surface area (Å²) in [7, 11) is 0. The van der Waals surface area contributed by atoms with Crippen molar-refractivity contribution < 1.29 is 13.6 Å². The summed E-state index contributed by atoms with van der Waals surface area (Å²) in [6.45, 7) is 4.96. The maximum Gasteiger partial charge on any atom is 0.283 e. The average molecular weight is 454 g/mol. The van der Waals surface area contributed by atoms with Crippen molar-refractivity contribution in [3.05, 3.63) is 40.3 Å². The number of furan rings is 1. The fraction of sp³-hybridized carbons (Fsp3) is 0.478. The van der Waals surface area contributed by atoms with Crippen molar-refractivity contribution >= 4 is 22.2 Å². The number of nitrogens with one attached hydrogen (secondary N) is 1. The minimum absolute atomic E-state index is 0.142. The number of nitrogens with zero attached hydrogens (tertiary/aromatic N) is 4. The number of rotatable bonds is 8. The van der Waals surface area contributed by atoms with Crippen LogP contribution in [0.1, 0.15) is 61.4 Å². The van der Waals surface area contributed by atoms with E-state index < -0.39 is 6.04 Å². The summed E-state index contributed by atoms with van der Waals surface area (Å²) < 4.78 is 11.0. The van der Waals surface area contributed by atoms with Crippen molar-refractivity contribution in [3.8, 4) is 17.7 Å². The van der Waals surface area contributed by atoms with Crippen LogP contribution in [0.15, 0.2) is 27.2 Å². The van der Waals surface area contributed by atoms with Crippen molar-refractivity contribution in [2.24, 2.45) is 0 Å². The van der Waals surface area contributed by atoms with Gasteiger partial charge in [-0.3, -0.25) is 9.69 Å². The Morgan fingerprint density at radius 1 is 1.34 bits per heavy atom. The van der Waals surface area contributed by atoms with Crippen molar-refractivity contribution in [2.45, 2.75) is 65.0 Å². The molecule has 3 heterocycles. The van der Waals surface area contributed by atoms with Gasteiger partial charge in [-0.1, -0.05) is 13.3 Å². The van der Waals surface area contributed by atoms with Gasteiger partial charge < -0.3 is 14.2 Å². The zero-order valence-electron chi connectivity index (χ0n) is 18.4. The molecule has 4 rings (SSSR count). The van der Waals surface area contributed by atoms with E-state index in [1.165, 1.54) is 11.3 Å². The number of fused-ring (bicyclic) bond motifs is 1. The van der Waals surface area contributed by atoms with E-state index in [0.29, 0.717) is 41.2 Å². The highest BCUT2D eigenvalue weighted by molar-refractivity contribution is 7.16. The van der Waals surface area contributed by atoms with Gasteiger partial charge in [0.05, 0.1) is 24.4 Å². The molecule has 8 nitrogen and oxygen atoms in total. The molecule has 0 aliphatic heterocycles. The lowest BCUT2D eigenvalue weighted by molar-refractivity contribution is -0.121. The van der Waals surface area contributed by atoms with E-state index in [4.69, 9.17) is 8.83 Å². The van der Waals surface area contributed by atoms with Gasteiger partial charge in [0.2, 0.25) is 11.8 Å². The fourth-order valence-electron chi connectivity index (χ4n) is 4.02. The number of hydrogen-bond donors (Lipinski definition) is 1. The third-order valence-electron chi connectivity index (χ3n) is 5.74. The van der Waals surface area contributed by atoms with Gasteiger partial charge in [-0.05, 0) is 63.3 Å². The van der Waals surface area contributed by atoms with Gasteiger partial charge in [-0.15, -0.1) is 21.5 Å². The quantitative estimate of drug-likeness (QED) is 0.489. The van der Waals surface area contributed by atoms with Crippen LogP contribution in [0.3, 0.4) is 0 Å². The molecule has 0 bridgehead atoms. The average Bonchev–Trinajstić information content (AvgIpc) is 3.51. The maximum absolute atomic E-state index is 13.1. The predicted molar refractivity (Wildman–Crippen MR) is 121 cm³/mol. The molecular weight excluding hydrogens is 426 g/mol. The van der Waals surface area contributed by atoms with E-state index in [-0.39, 0.29) is 5.91 Å². The second-order valence-corrected chi connectivity index (χ2v) is 9.10. The number of aryl methyl sites for hydroxylation is 1. The third-order valence-corrected chi connectivity index (χ3v) is 6.95. The first-order valence-electron chi connectivity index (χ1n) is 11.1. The maximum atomic E-state index is 13.1. The Hall–Kier alpha value is -2.96. The van der Waals surface area contributed by atoms with E-state index in [1.807, 2.05) is 11.8 Å². The van der Waals surface area contributed by atoms with Crippen LogP contribution in [0.2, 0.25) is 0 Å². The van der Waals surface area contributed by atoms with Gasteiger partial charge >= 0.3 is 0 Å². The first-order valence-corrected chi connectivity index (χ1v) is 11.9. The number of nitriles is 1. The Kier molecular flexibility index (Phi) is 7.02. The van der Waals surface area contributed by atoms with Gasteiger partial charge in [-0.2, -0.15) is 5.26 Å². The first-order chi connectivity index (χ1) is 15.6. The molecule has 32 heavy (non-hydrogen) atoms. The predicted octanol–water partition coefficient (Wildman–Crippen LogP) is 4.77. The Morgan fingerprint density at radius 2 is 2.19 bits per heavy atom. The fourth-order valence-corrected chi connectivity index (χ4v) is 5.26. The van der Waals surface area contributed by atoms with Gasteiger partial charge in [0.25, 0.3) is 5.89 Å². The Labute approximate surface area is 191 Å². The van der Waals surface area contributed by atoms with Crippen molar-refractivity contribution in [1.82, 2.24) is 15.1 Å². The molecule has 1 aliphatic carbocycles. The van der Waals surface area contributed by atoms with Crippen LogP contribution < -0.4 is 5.32 Å². The number of hydrogen-bond acceptors (Lipinski definition) is 8. The SMILES string of the molecule is CCCN(Cc1nnc(-c2ccco2)o1)[C@@H](C)C(=O)Nc1sc2c(c1C#N)CCCCC2. The molecule has 1 N–H and O–H groups in total. The highest BCUT2D eigenvalue weighted by atomic mass is 32.1. The van der Waals surface area contributed by atoms with Gasteiger partial charge in [-0.25, -0.2) is 0 Å². The number of amides is 1. The highest BCUT2D eigenvalue weighted by Crippen LogP contribution is 2.37. The first kappa shape index (κ1) is 22.2. The molecule has 9 heteroatoms. The molecule has 1 atom stereocenters. The van der Waals surface area contributed by atoms with E-state index in [1.54, 1.807) is 29.7 Å². The van der Waals surface area contributed by atoms with E-state index >= 15 is 0 Å². The molecule has 0 unspecified atom stereocenters. The number of carbonyl (C=O) groups excluding carboxylic acids is 1. The van der Waals surface area contributed by atoms with Crippen LogP contribution in [-0.2, 0) is 24.2 Å². The van der Waals surface area contributed by atoms with Crippen LogP contribution >= 0.6 is 11.3 Å². The van der Waals surface area contributed by atoms with Crippen molar-refractivity contribution in [3.63, 3.8) is 0 Å². The molecule has 3 aromatic heterocycles. The lowest BCUT2D eigenvalue weighted by Crippen LogP contribution is -2.42. The van der Waals surface area contributed by atoms with Crippen molar-refractivity contribution in [2.75, 3.05) is 11.9 Å². The zero-order valence-corrected chi connectivity index (χ0v) is 19.2. The number of aromatic nitrogens is 2. The second-order valence-electron chi connectivity index (χ2n) is 7.99.